The Balaban J connectivity index is 1.69. The number of nitrogens with one attached hydrogen (secondary N) is 1. The van der Waals surface area contributed by atoms with Crippen molar-refractivity contribution in [2.45, 2.75) is 38.8 Å². The molecule has 1 aliphatic heterocycles. The van der Waals surface area contributed by atoms with E-state index >= 15 is 0 Å². The molecule has 1 fully saturated rings. The van der Waals surface area contributed by atoms with Gasteiger partial charge in [-0.2, -0.15) is 0 Å². The third-order valence-corrected chi connectivity index (χ3v) is 3.68. The maximum atomic E-state index is 5.56. The second-order valence-corrected chi connectivity index (χ2v) is 5.30. The standard InChI is InChI=1S/C15H20N4O/c1-11-9-13(5-8-20-11)18-14-3-4-15(17-10-14)19-7-6-16-12(19)2/h3-4,6-7,10-11,13,18H,5,8-9H2,1-2H3. The van der Waals surface area contributed by atoms with E-state index in [9.17, 15) is 0 Å². The molecule has 1 aliphatic rings. The largest absolute Gasteiger partial charge is 0.381 e. The number of aromatic nitrogens is 3. The maximum absolute atomic E-state index is 5.56. The molecule has 0 aliphatic carbocycles. The van der Waals surface area contributed by atoms with Crippen LogP contribution in [-0.2, 0) is 4.74 Å². The van der Waals surface area contributed by atoms with Crippen molar-refractivity contribution in [3.05, 3.63) is 36.5 Å². The smallest absolute Gasteiger partial charge is 0.138 e. The Labute approximate surface area is 119 Å². The molecule has 0 aromatic carbocycles. The number of anilines is 1. The van der Waals surface area contributed by atoms with Crippen LogP contribution in [0.25, 0.3) is 5.82 Å². The molecule has 0 saturated carbocycles. The Morgan fingerprint density at radius 1 is 1.35 bits per heavy atom. The van der Waals surface area contributed by atoms with Crippen LogP contribution in [0, 0.1) is 6.92 Å². The maximum Gasteiger partial charge on any atom is 0.138 e. The second-order valence-electron chi connectivity index (χ2n) is 5.30. The van der Waals surface area contributed by atoms with Crippen LogP contribution in [0.2, 0.25) is 0 Å². The van der Waals surface area contributed by atoms with Crippen molar-refractivity contribution in [1.82, 2.24) is 14.5 Å². The van der Waals surface area contributed by atoms with Crippen LogP contribution in [0.1, 0.15) is 25.6 Å². The number of imidazole rings is 1. The molecule has 1 N–H and O–H groups in total. The predicted molar refractivity (Wildman–Crippen MR) is 78.2 cm³/mol. The van der Waals surface area contributed by atoms with E-state index in [0.29, 0.717) is 12.1 Å². The molecule has 2 aromatic heterocycles. The van der Waals surface area contributed by atoms with Gasteiger partial charge >= 0.3 is 0 Å². The highest BCUT2D eigenvalue weighted by atomic mass is 16.5. The van der Waals surface area contributed by atoms with Crippen LogP contribution in [0.5, 0.6) is 0 Å². The van der Waals surface area contributed by atoms with Gasteiger partial charge in [0.05, 0.1) is 18.0 Å². The van der Waals surface area contributed by atoms with E-state index in [1.807, 2.05) is 30.0 Å². The molecule has 0 radical (unpaired) electrons. The number of nitrogens with zero attached hydrogens (tertiary/aromatic N) is 3. The van der Waals surface area contributed by atoms with Crippen LogP contribution in [0.4, 0.5) is 5.69 Å². The van der Waals surface area contributed by atoms with Crippen molar-refractivity contribution in [2.24, 2.45) is 0 Å². The first-order chi connectivity index (χ1) is 9.72. The van der Waals surface area contributed by atoms with Crippen LogP contribution in [0.3, 0.4) is 0 Å². The van der Waals surface area contributed by atoms with Gasteiger partial charge in [0.15, 0.2) is 0 Å². The van der Waals surface area contributed by atoms with E-state index in [-0.39, 0.29) is 0 Å². The van der Waals surface area contributed by atoms with Crippen LogP contribution in [-0.4, -0.2) is 33.3 Å². The number of pyridine rings is 1. The third kappa shape index (κ3) is 2.82. The molecule has 106 valence electrons. The molecule has 3 rings (SSSR count). The summed E-state index contributed by atoms with van der Waals surface area (Å²) >= 11 is 0. The molecular weight excluding hydrogens is 252 g/mol. The number of aryl methyl sites for hydroxylation is 1. The van der Waals surface area contributed by atoms with Gasteiger partial charge < -0.3 is 10.1 Å². The molecule has 1 saturated heterocycles. The Bertz CT molecular complexity index is 564. The van der Waals surface area contributed by atoms with Gasteiger partial charge in [-0.15, -0.1) is 0 Å². The Morgan fingerprint density at radius 2 is 2.25 bits per heavy atom. The summed E-state index contributed by atoms with van der Waals surface area (Å²) in [7, 11) is 0. The molecule has 0 amide bonds. The van der Waals surface area contributed by atoms with Gasteiger partial charge in [0.25, 0.3) is 0 Å². The average Bonchev–Trinajstić information content (AvgIpc) is 2.86. The fraction of sp³-hybridized carbons (Fsp3) is 0.467. The highest BCUT2D eigenvalue weighted by Gasteiger charge is 2.19. The lowest BCUT2D eigenvalue weighted by Crippen LogP contribution is -2.32. The van der Waals surface area contributed by atoms with Gasteiger partial charge in [-0.25, -0.2) is 9.97 Å². The Morgan fingerprint density at radius 3 is 2.90 bits per heavy atom. The van der Waals surface area contributed by atoms with E-state index in [4.69, 9.17) is 4.74 Å². The lowest BCUT2D eigenvalue weighted by molar-refractivity contribution is 0.0232. The van der Waals surface area contributed by atoms with Crippen molar-refractivity contribution in [3.63, 3.8) is 0 Å². The highest BCUT2D eigenvalue weighted by Crippen LogP contribution is 2.19. The molecule has 0 bridgehead atoms. The van der Waals surface area contributed by atoms with Crippen molar-refractivity contribution in [1.29, 1.82) is 0 Å². The van der Waals surface area contributed by atoms with E-state index in [0.717, 1.165) is 36.8 Å². The van der Waals surface area contributed by atoms with Crippen molar-refractivity contribution >= 4 is 5.69 Å². The molecule has 2 atom stereocenters. The second kappa shape index (κ2) is 5.63. The summed E-state index contributed by atoms with van der Waals surface area (Å²) in [6.07, 6.45) is 8.02. The van der Waals surface area contributed by atoms with Gasteiger partial charge in [0.1, 0.15) is 11.6 Å². The molecular formula is C15H20N4O. The zero-order valence-electron chi connectivity index (χ0n) is 11.9. The topological polar surface area (TPSA) is 52.0 Å². The normalized spacial score (nSPS) is 22.7. The van der Waals surface area contributed by atoms with Crippen LogP contribution < -0.4 is 5.32 Å². The van der Waals surface area contributed by atoms with E-state index in [2.05, 4.69) is 28.3 Å². The molecule has 20 heavy (non-hydrogen) atoms. The average molecular weight is 272 g/mol. The van der Waals surface area contributed by atoms with Crippen molar-refractivity contribution in [3.8, 4) is 5.82 Å². The molecule has 5 heteroatoms. The quantitative estimate of drug-likeness (QED) is 0.933. The summed E-state index contributed by atoms with van der Waals surface area (Å²) in [5, 5.41) is 3.53. The molecule has 2 unspecified atom stereocenters. The van der Waals surface area contributed by atoms with Crippen molar-refractivity contribution < 1.29 is 4.74 Å². The predicted octanol–water partition coefficient (Wildman–Crippen LogP) is 2.56. The highest BCUT2D eigenvalue weighted by molar-refractivity contribution is 5.44. The fourth-order valence-corrected chi connectivity index (χ4v) is 2.60. The zero-order valence-corrected chi connectivity index (χ0v) is 11.9. The Hall–Kier alpha value is -1.88. The van der Waals surface area contributed by atoms with E-state index < -0.39 is 0 Å². The van der Waals surface area contributed by atoms with Gasteiger partial charge in [-0.1, -0.05) is 0 Å². The summed E-state index contributed by atoms with van der Waals surface area (Å²) in [6.45, 7) is 4.92. The first-order valence-electron chi connectivity index (χ1n) is 7.07. The van der Waals surface area contributed by atoms with Crippen LogP contribution >= 0.6 is 0 Å². The summed E-state index contributed by atoms with van der Waals surface area (Å²) in [5.41, 5.74) is 1.06. The summed E-state index contributed by atoms with van der Waals surface area (Å²) < 4.78 is 7.53. The minimum atomic E-state index is 0.335. The van der Waals surface area contributed by atoms with E-state index in [1.54, 1.807) is 6.20 Å². The SMILES string of the molecule is Cc1nccn1-c1ccc(NC2CCOC(C)C2)cn1. The lowest BCUT2D eigenvalue weighted by atomic mass is 10.0. The summed E-state index contributed by atoms with van der Waals surface area (Å²) in [6, 6.07) is 4.56. The molecule has 5 nitrogen and oxygen atoms in total. The van der Waals surface area contributed by atoms with Gasteiger partial charge in [-0.3, -0.25) is 4.57 Å². The van der Waals surface area contributed by atoms with Gasteiger partial charge in [0, 0.05) is 25.0 Å². The first kappa shape index (κ1) is 13.1. The molecule has 3 heterocycles. The molecule has 0 spiro atoms. The minimum absolute atomic E-state index is 0.335. The number of hydrogen-bond donors (Lipinski definition) is 1. The van der Waals surface area contributed by atoms with E-state index in [1.165, 1.54) is 0 Å². The summed E-state index contributed by atoms with van der Waals surface area (Å²) in [5.74, 6) is 1.84. The third-order valence-electron chi connectivity index (χ3n) is 3.68. The monoisotopic (exact) mass is 272 g/mol. The fourth-order valence-electron chi connectivity index (χ4n) is 2.60. The van der Waals surface area contributed by atoms with Crippen LogP contribution in [0.15, 0.2) is 30.7 Å². The minimum Gasteiger partial charge on any atom is -0.381 e. The number of rotatable bonds is 3. The van der Waals surface area contributed by atoms with Gasteiger partial charge in [0.2, 0.25) is 0 Å². The molecule has 2 aromatic rings. The van der Waals surface area contributed by atoms with Gasteiger partial charge in [-0.05, 0) is 38.8 Å². The first-order valence-corrected chi connectivity index (χ1v) is 7.07. The summed E-state index contributed by atoms with van der Waals surface area (Å²) in [4.78, 5) is 8.71. The zero-order chi connectivity index (χ0) is 13.9. The van der Waals surface area contributed by atoms with Crippen molar-refractivity contribution in [2.75, 3.05) is 11.9 Å². The Kier molecular flexibility index (Phi) is 3.69. The number of hydrogen-bond acceptors (Lipinski definition) is 4. The number of ether oxygens (including phenoxy) is 1. The lowest BCUT2D eigenvalue weighted by Gasteiger charge is -2.28.